The Kier molecular flexibility index (Phi) is 5.58. The third kappa shape index (κ3) is 4.55. The number of rotatable bonds is 5. The van der Waals surface area contributed by atoms with Crippen LogP contribution < -0.4 is 10.1 Å². The Morgan fingerprint density at radius 2 is 1.83 bits per heavy atom. The van der Waals surface area contributed by atoms with Gasteiger partial charge in [-0.3, -0.25) is 4.79 Å². The van der Waals surface area contributed by atoms with Crippen LogP contribution in [0.15, 0.2) is 71.5 Å². The smallest absolute Gasteiger partial charge is 0.255 e. The fourth-order valence-electron chi connectivity index (χ4n) is 2.92. The number of nitrogens with zero attached hydrogens (tertiary/aromatic N) is 4. The van der Waals surface area contributed by atoms with Gasteiger partial charge in [-0.15, -0.1) is 0 Å². The molecule has 4 aromatic rings. The van der Waals surface area contributed by atoms with E-state index in [0.29, 0.717) is 28.7 Å². The second kappa shape index (κ2) is 8.46. The van der Waals surface area contributed by atoms with E-state index in [-0.39, 0.29) is 5.91 Å². The topological polar surface area (TPSA) is 81.9 Å². The zero-order valence-electron chi connectivity index (χ0n) is 16.3. The van der Waals surface area contributed by atoms with Gasteiger partial charge in [0.25, 0.3) is 5.91 Å². The van der Waals surface area contributed by atoms with Crippen LogP contribution in [0.1, 0.15) is 21.7 Å². The van der Waals surface area contributed by atoms with E-state index in [2.05, 4.69) is 36.3 Å². The van der Waals surface area contributed by atoms with E-state index in [1.54, 1.807) is 47.1 Å². The normalized spacial score (nSPS) is 10.6. The molecule has 1 amide bonds. The first-order valence-corrected chi connectivity index (χ1v) is 9.98. The van der Waals surface area contributed by atoms with Gasteiger partial charge in [0.1, 0.15) is 12.1 Å². The maximum Gasteiger partial charge on any atom is 0.255 e. The molecule has 0 aliphatic rings. The molecule has 2 heterocycles. The summed E-state index contributed by atoms with van der Waals surface area (Å²) in [6.07, 6.45) is 1.44. The van der Waals surface area contributed by atoms with Gasteiger partial charge in [0.15, 0.2) is 5.82 Å². The molecule has 2 aromatic carbocycles. The Hall–Kier alpha value is -3.52. The van der Waals surface area contributed by atoms with E-state index in [9.17, 15) is 4.79 Å². The van der Waals surface area contributed by atoms with Crippen LogP contribution in [0.3, 0.4) is 0 Å². The average molecular weight is 464 g/mol. The van der Waals surface area contributed by atoms with Crippen LogP contribution in [0.25, 0.3) is 5.82 Å². The lowest BCUT2D eigenvalue weighted by Crippen LogP contribution is -2.11. The lowest BCUT2D eigenvalue weighted by Gasteiger charge is -2.09. The Morgan fingerprint density at radius 1 is 1.03 bits per heavy atom. The van der Waals surface area contributed by atoms with Crippen LogP contribution in [0, 0.1) is 13.8 Å². The van der Waals surface area contributed by atoms with Gasteiger partial charge < -0.3 is 10.1 Å². The Morgan fingerprint density at radius 3 is 2.53 bits per heavy atom. The predicted molar refractivity (Wildman–Crippen MR) is 117 cm³/mol. The fraction of sp³-hybridized carbons (Fsp3) is 0.0909. The van der Waals surface area contributed by atoms with E-state index in [4.69, 9.17) is 4.74 Å². The molecule has 150 valence electrons. The molecular weight excluding hydrogens is 446 g/mol. The highest BCUT2D eigenvalue weighted by molar-refractivity contribution is 9.10. The maximum atomic E-state index is 12.4. The molecule has 4 rings (SSSR count). The number of aromatic nitrogens is 4. The number of carbonyl (C=O) groups is 1. The fourth-order valence-corrected chi connectivity index (χ4v) is 3.32. The van der Waals surface area contributed by atoms with Crippen LogP contribution in [0.5, 0.6) is 11.6 Å². The number of aryl methyl sites for hydroxylation is 2. The quantitative estimate of drug-likeness (QED) is 0.445. The van der Waals surface area contributed by atoms with E-state index in [0.717, 1.165) is 15.9 Å². The van der Waals surface area contributed by atoms with Crippen molar-refractivity contribution in [2.45, 2.75) is 13.8 Å². The van der Waals surface area contributed by atoms with Crippen molar-refractivity contribution < 1.29 is 9.53 Å². The number of ether oxygens (including phenoxy) is 1. The standard InChI is InChI=1S/C22H18BrN5O2/c1-14-10-15(2)28(27-14)20-12-21(25-13-24-20)30-19-8-6-18(7-9-19)26-22(29)16-4-3-5-17(23)11-16/h3-13H,1-2H3,(H,26,29). The summed E-state index contributed by atoms with van der Waals surface area (Å²) < 4.78 is 8.43. The van der Waals surface area contributed by atoms with Crippen molar-refractivity contribution in [2.75, 3.05) is 5.32 Å². The van der Waals surface area contributed by atoms with Crippen LogP contribution in [0.4, 0.5) is 5.69 Å². The van der Waals surface area contributed by atoms with Crippen LogP contribution >= 0.6 is 15.9 Å². The van der Waals surface area contributed by atoms with Crippen LogP contribution in [0.2, 0.25) is 0 Å². The van der Waals surface area contributed by atoms with E-state index in [1.165, 1.54) is 6.33 Å². The number of halogens is 1. The first kappa shape index (κ1) is 19.8. The van der Waals surface area contributed by atoms with Gasteiger partial charge in [0.2, 0.25) is 5.88 Å². The minimum atomic E-state index is -0.185. The molecule has 7 nitrogen and oxygen atoms in total. The highest BCUT2D eigenvalue weighted by Crippen LogP contribution is 2.23. The second-order valence-electron chi connectivity index (χ2n) is 6.64. The Bertz CT molecular complexity index is 1200. The summed E-state index contributed by atoms with van der Waals surface area (Å²) in [7, 11) is 0. The zero-order chi connectivity index (χ0) is 21.1. The van der Waals surface area contributed by atoms with Crippen molar-refractivity contribution in [3.05, 3.63) is 88.4 Å². The molecule has 0 unspecified atom stereocenters. The lowest BCUT2D eigenvalue weighted by molar-refractivity contribution is 0.102. The summed E-state index contributed by atoms with van der Waals surface area (Å²) in [5.41, 5.74) is 3.12. The zero-order valence-corrected chi connectivity index (χ0v) is 17.9. The Labute approximate surface area is 181 Å². The molecule has 0 saturated carbocycles. The Balaban J connectivity index is 1.46. The minimum absolute atomic E-state index is 0.185. The van der Waals surface area contributed by atoms with Gasteiger partial charge in [-0.25, -0.2) is 14.6 Å². The summed E-state index contributed by atoms with van der Waals surface area (Å²) in [4.78, 5) is 20.8. The summed E-state index contributed by atoms with van der Waals surface area (Å²) >= 11 is 3.37. The summed E-state index contributed by atoms with van der Waals surface area (Å²) in [6.45, 7) is 3.89. The molecule has 0 bridgehead atoms. The number of carbonyl (C=O) groups excluding carboxylic acids is 1. The maximum absolute atomic E-state index is 12.4. The number of anilines is 1. The molecule has 0 fully saturated rings. The first-order chi connectivity index (χ1) is 14.5. The highest BCUT2D eigenvalue weighted by atomic mass is 79.9. The molecule has 0 radical (unpaired) electrons. The van der Waals surface area contributed by atoms with Gasteiger partial charge in [-0.2, -0.15) is 5.10 Å². The molecule has 1 N–H and O–H groups in total. The average Bonchev–Trinajstić information content (AvgIpc) is 3.08. The lowest BCUT2D eigenvalue weighted by atomic mass is 10.2. The van der Waals surface area contributed by atoms with E-state index < -0.39 is 0 Å². The van der Waals surface area contributed by atoms with Gasteiger partial charge >= 0.3 is 0 Å². The summed E-state index contributed by atoms with van der Waals surface area (Å²) in [5, 5.41) is 7.29. The molecule has 0 aliphatic carbocycles. The molecule has 30 heavy (non-hydrogen) atoms. The summed E-state index contributed by atoms with van der Waals surface area (Å²) in [5.74, 6) is 1.44. The minimum Gasteiger partial charge on any atom is -0.439 e. The highest BCUT2D eigenvalue weighted by Gasteiger charge is 2.09. The van der Waals surface area contributed by atoms with E-state index >= 15 is 0 Å². The largest absolute Gasteiger partial charge is 0.439 e. The van der Waals surface area contributed by atoms with Crippen molar-refractivity contribution in [1.82, 2.24) is 19.7 Å². The molecule has 0 aliphatic heterocycles. The second-order valence-corrected chi connectivity index (χ2v) is 7.56. The first-order valence-electron chi connectivity index (χ1n) is 9.18. The van der Waals surface area contributed by atoms with Gasteiger partial charge in [0, 0.05) is 27.5 Å². The number of hydrogen-bond acceptors (Lipinski definition) is 5. The molecule has 2 aromatic heterocycles. The van der Waals surface area contributed by atoms with Crippen LogP contribution in [-0.2, 0) is 0 Å². The molecule has 8 heteroatoms. The number of benzene rings is 2. The van der Waals surface area contributed by atoms with E-state index in [1.807, 2.05) is 32.0 Å². The third-order valence-electron chi connectivity index (χ3n) is 4.28. The van der Waals surface area contributed by atoms with Crippen LogP contribution in [-0.4, -0.2) is 25.7 Å². The SMILES string of the molecule is Cc1cc(C)n(-c2cc(Oc3ccc(NC(=O)c4cccc(Br)c4)cc3)ncn2)n1. The van der Waals surface area contributed by atoms with Crippen molar-refractivity contribution in [2.24, 2.45) is 0 Å². The van der Waals surface area contributed by atoms with Gasteiger partial charge in [0.05, 0.1) is 5.69 Å². The van der Waals surface area contributed by atoms with Gasteiger partial charge in [-0.05, 0) is 62.4 Å². The third-order valence-corrected chi connectivity index (χ3v) is 4.77. The molecule has 0 spiro atoms. The van der Waals surface area contributed by atoms with Crippen molar-refractivity contribution in [1.29, 1.82) is 0 Å². The summed E-state index contributed by atoms with van der Waals surface area (Å²) in [6, 6.07) is 18.0. The predicted octanol–water partition coefficient (Wildman–Crippen LogP) is 5.09. The van der Waals surface area contributed by atoms with Crippen molar-refractivity contribution in [3.63, 3.8) is 0 Å². The van der Waals surface area contributed by atoms with Crippen molar-refractivity contribution >= 4 is 27.5 Å². The number of hydrogen-bond donors (Lipinski definition) is 1. The molecule has 0 atom stereocenters. The number of amides is 1. The van der Waals surface area contributed by atoms with Crippen molar-refractivity contribution in [3.8, 4) is 17.4 Å². The monoisotopic (exact) mass is 463 g/mol. The molecular formula is C22H18BrN5O2. The molecule has 0 saturated heterocycles. The van der Waals surface area contributed by atoms with Gasteiger partial charge in [-0.1, -0.05) is 22.0 Å². The number of nitrogens with one attached hydrogen (secondary N) is 1.